The molecule has 2 aromatic rings. The highest BCUT2D eigenvalue weighted by Crippen LogP contribution is 2.28. The Kier molecular flexibility index (Phi) is 4.70. The minimum Gasteiger partial charge on any atom is -0.489 e. The van der Waals surface area contributed by atoms with Crippen LogP contribution in [0.2, 0.25) is 10.0 Å². The van der Waals surface area contributed by atoms with Crippen LogP contribution in [0.5, 0.6) is 5.75 Å². The van der Waals surface area contributed by atoms with Gasteiger partial charge in [-0.25, -0.2) is 0 Å². The molecule has 0 saturated heterocycles. The van der Waals surface area contributed by atoms with Gasteiger partial charge in [0.25, 0.3) is 5.69 Å². The van der Waals surface area contributed by atoms with Crippen molar-refractivity contribution in [3.05, 3.63) is 67.2 Å². The number of aryl methyl sites for hydroxylation is 2. The van der Waals surface area contributed by atoms with E-state index in [1.165, 1.54) is 18.2 Å². The van der Waals surface area contributed by atoms with Crippen LogP contribution in [-0.4, -0.2) is 4.92 Å². The number of nitro benzene ring substituents is 1. The van der Waals surface area contributed by atoms with E-state index in [1.54, 1.807) is 0 Å². The van der Waals surface area contributed by atoms with Gasteiger partial charge in [0.15, 0.2) is 0 Å². The third kappa shape index (κ3) is 3.65. The molecule has 0 spiro atoms. The SMILES string of the molecule is Cc1cc(OCc2cc([N+](=O)[O-])ccc2Cl)cc(C)c1Cl. The lowest BCUT2D eigenvalue weighted by Gasteiger charge is -2.11. The van der Waals surface area contributed by atoms with Gasteiger partial charge in [0.2, 0.25) is 0 Å². The van der Waals surface area contributed by atoms with Crippen molar-refractivity contribution in [1.82, 2.24) is 0 Å². The molecule has 0 unspecified atom stereocenters. The monoisotopic (exact) mass is 325 g/mol. The van der Waals surface area contributed by atoms with Crippen molar-refractivity contribution in [1.29, 1.82) is 0 Å². The van der Waals surface area contributed by atoms with Gasteiger partial charge in [0.1, 0.15) is 12.4 Å². The van der Waals surface area contributed by atoms with Crippen LogP contribution >= 0.6 is 23.2 Å². The molecular formula is C15H13Cl2NO3. The number of rotatable bonds is 4. The van der Waals surface area contributed by atoms with E-state index in [9.17, 15) is 10.1 Å². The zero-order chi connectivity index (χ0) is 15.6. The van der Waals surface area contributed by atoms with E-state index in [4.69, 9.17) is 27.9 Å². The lowest BCUT2D eigenvalue weighted by molar-refractivity contribution is -0.384. The predicted octanol–water partition coefficient (Wildman–Crippen LogP) is 5.10. The van der Waals surface area contributed by atoms with Crippen LogP contribution in [0.1, 0.15) is 16.7 Å². The molecule has 0 aliphatic carbocycles. The predicted molar refractivity (Wildman–Crippen MR) is 83.4 cm³/mol. The van der Waals surface area contributed by atoms with E-state index < -0.39 is 4.92 Å². The number of benzene rings is 2. The largest absolute Gasteiger partial charge is 0.489 e. The summed E-state index contributed by atoms with van der Waals surface area (Å²) in [6.45, 7) is 3.94. The number of non-ortho nitro benzene ring substituents is 1. The summed E-state index contributed by atoms with van der Waals surface area (Å²) in [4.78, 5) is 10.3. The molecule has 0 radical (unpaired) electrons. The van der Waals surface area contributed by atoms with Crippen LogP contribution in [0.15, 0.2) is 30.3 Å². The third-order valence-corrected chi connectivity index (χ3v) is 4.01. The Bertz CT molecular complexity index is 678. The van der Waals surface area contributed by atoms with Crippen LogP contribution in [-0.2, 0) is 6.61 Å². The van der Waals surface area contributed by atoms with Gasteiger partial charge in [0, 0.05) is 27.7 Å². The maximum atomic E-state index is 10.8. The number of ether oxygens (including phenoxy) is 1. The third-order valence-electron chi connectivity index (χ3n) is 3.04. The first-order valence-corrected chi connectivity index (χ1v) is 6.96. The maximum absolute atomic E-state index is 10.8. The van der Waals surface area contributed by atoms with Crippen LogP contribution in [0.3, 0.4) is 0 Å². The Morgan fingerprint density at radius 2 is 1.76 bits per heavy atom. The van der Waals surface area contributed by atoms with Gasteiger partial charge in [-0.2, -0.15) is 0 Å². The second-order valence-electron chi connectivity index (χ2n) is 4.69. The molecular weight excluding hydrogens is 313 g/mol. The van der Waals surface area contributed by atoms with Gasteiger partial charge in [-0.15, -0.1) is 0 Å². The zero-order valence-electron chi connectivity index (χ0n) is 11.5. The lowest BCUT2D eigenvalue weighted by Crippen LogP contribution is -1.99. The highest BCUT2D eigenvalue weighted by Gasteiger charge is 2.11. The smallest absolute Gasteiger partial charge is 0.269 e. The number of hydrogen-bond donors (Lipinski definition) is 0. The van der Waals surface area contributed by atoms with Gasteiger partial charge in [0.05, 0.1) is 4.92 Å². The number of nitrogens with zero attached hydrogens (tertiary/aromatic N) is 1. The fraction of sp³-hybridized carbons (Fsp3) is 0.200. The summed E-state index contributed by atoms with van der Waals surface area (Å²) in [5.74, 6) is 0.650. The van der Waals surface area contributed by atoms with Crippen molar-refractivity contribution < 1.29 is 9.66 Å². The van der Waals surface area contributed by atoms with Crippen molar-refractivity contribution >= 4 is 28.9 Å². The molecule has 0 saturated carbocycles. The standard InChI is InChI=1S/C15H13Cl2NO3/c1-9-5-13(6-10(2)15(9)17)21-8-11-7-12(18(19)20)3-4-14(11)16/h3-7H,8H2,1-2H3. The molecule has 21 heavy (non-hydrogen) atoms. The molecule has 0 heterocycles. The molecule has 2 rings (SSSR count). The molecule has 6 heteroatoms. The van der Waals surface area contributed by atoms with Crippen molar-refractivity contribution in [3.8, 4) is 5.75 Å². The summed E-state index contributed by atoms with van der Waals surface area (Å²) in [6.07, 6.45) is 0. The molecule has 0 fully saturated rings. The number of nitro groups is 1. The molecule has 110 valence electrons. The average molecular weight is 326 g/mol. The molecule has 4 nitrogen and oxygen atoms in total. The summed E-state index contributed by atoms with van der Waals surface area (Å²) >= 11 is 12.1. The summed E-state index contributed by atoms with van der Waals surface area (Å²) < 4.78 is 5.66. The Morgan fingerprint density at radius 1 is 1.14 bits per heavy atom. The quantitative estimate of drug-likeness (QED) is 0.580. The first-order chi connectivity index (χ1) is 9.88. The van der Waals surface area contributed by atoms with Gasteiger partial charge in [-0.3, -0.25) is 10.1 Å². The highest BCUT2D eigenvalue weighted by atomic mass is 35.5. The second kappa shape index (κ2) is 6.33. The van der Waals surface area contributed by atoms with Crippen LogP contribution in [0.4, 0.5) is 5.69 Å². The lowest BCUT2D eigenvalue weighted by atomic mass is 10.1. The molecule has 0 atom stereocenters. The molecule has 0 aromatic heterocycles. The summed E-state index contributed by atoms with van der Waals surface area (Å²) in [5, 5.41) is 11.9. The topological polar surface area (TPSA) is 52.4 Å². The van der Waals surface area contributed by atoms with Crippen molar-refractivity contribution in [2.75, 3.05) is 0 Å². The van der Waals surface area contributed by atoms with Crippen LogP contribution < -0.4 is 4.74 Å². The van der Waals surface area contributed by atoms with Crippen molar-refractivity contribution in [3.63, 3.8) is 0 Å². The van der Waals surface area contributed by atoms with Crippen molar-refractivity contribution in [2.45, 2.75) is 20.5 Å². The number of halogens is 2. The molecule has 0 amide bonds. The van der Waals surface area contributed by atoms with E-state index in [0.29, 0.717) is 21.4 Å². The Morgan fingerprint density at radius 3 is 2.33 bits per heavy atom. The molecule has 0 aliphatic rings. The van der Waals surface area contributed by atoms with Gasteiger partial charge in [-0.05, 0) is 43.2 Å². The minimum absolute atomic E-state index is 0.0125. The normalized spacial score (nSPS) is 10.5. The van der Waals surface area contributed by atoms with E-state index in [-0.39, 0.29) is 12.3 Å². The molecule has 0 N–H and O–H groups in total. The van der Waals surface area contributed by atoms with E-state index in [0.717, 1.165) is 11.1 Å². The fourth-order valence-corrected chi connectivity index (χ4v) is 2.22. The number of hydrogen-bond acceptors (Lipinski definition) is 3. The fourth-order valence-electron chi connectivity index (χ4n) is 1.94. The molecule has 0 bridgehead atoms. The summed E-state index contributed by atoms with van der Waals surface area (Å²) in [5.41, 5.74) is 2.38. The van der Waals surface area contributed by atoms with E-state index in [2.05, 4.69) is 0 Å². The Balaban J connectivity index is 2.20. The minimum atomic E-state index is -0.462. The summed E-state index contributed by atoms with van der Waals surface area (Å²) in [7, 11) is 0. The average Bonchev–Trinajstić information content (AvgIpc) is 2.43. The Labute approximate surface area is 132 Å². The maximum Gasteiger partial charge on any atom is 0.269 e. The molecule has 2 aromatic carbocycles. The first kappa shape index (κ1) is 15.6. The van der Waals surface area contributed by atoms with Crippen LogP contribution in [0, 0.1) is 24.0 Å². The van der Waals surface area contributed by atoms with Crippen molar-refractivity contribution in [2.24, 2.45) is 0 Å². The van der Waals surface area contributed by atoms with E-state index >= 15 is 0 Å². The zero-order valence-corrected chi connectivity index (χ0v) is 13.0. The first-order valence-electron chi connectivity index (χ1n) is 6.21. The Hall–Kier alpha value is -1.78. The summed E-state index contributed by atoms with van der Waals surface area (Å²) in [6, 6.07) is 7.91. The second-order valence-corrected chi connectivity index (χ2v) is 5.48. The molecule has 0 aliphatic heterocycles. The van der Waals surface area contributed by atoms with Gasteiger partial charge in [-0.1, -0.05) is 23.2 Å². The highest BCUT2D eigenvalue weighted by molar-refractivity contribution is 6.32. The van der Waals surface area contributed by atoms with E-state index in [1.807, 2.05) is 26.0 Å². The van der Waals surface area contributed by atoms with Gasteiger partial charge >= 0.3 is 0 Å². The van der Waals surface area contributed by atoms with Gasteiger partial charge < -0.3 is 4.74 Å². The van der Waals surface area contributed by atoms with Crippen LogP contribution in [0.25, 0.3) is 0 Å².